The van der Waals surface area contributed by atoms with Crippen LogP contribution in [0.1, 0.15) is 28.7 Å². The van der Waals surface area contributed by atoms with Crippen LogP contribution in [0.4, 0.5) is 0 Å². The van der Waals surface area contributed by atoms with E-state index in [-0.39, 0.29) is 11.3 Å². The van der Waals surface area contributed by atoms with E-state index in [1.807, 2.05) is 49.3 Å². The number of amides is 1. The Morgan fingerprint density at radius 2 is 1.86 bits per heavy atom. The standard InChI is InChI=1S/C21H24N4O3/c1-13-16(12-22-14(2)23-13)19(26)17-18(15-8-6-5-7-9-15)25(11-10-24(3)4)21(28)20(17)27/h5-9,12,18,26H,10-11H2,1-4H3/b19-17+. The lowest BCUT2D eigenvalue weighted by Gasteiger charge is -2.26. The molecule has 1 aromatic carbocycles. The van der Waals surface area contributed by atoms with Gasteiger partial charge in [0, 0.05) is 19.3 Å². The zero-order chi connectivity index (χ0) is 20.4. The Labute approximate surface area is 164 Å². The molecular weight excluding hydrogens is 356 g/mol. The molecule has 3 rings (SSSR count). The van der Waals surface area contributed by atoms with E-state index in [9.17, 15) is 14.7 Å². The Kier molecular flexibility index (Phi) is 5.56. The highest BCUT2D eigenvalue weighted by molar-refractivity contribution is 6.46. The largest absolute Gasteiger partial charge is 0.507 e. The maximum Gasteiger partial charge on any atom is 0.295 e. The fourth-order valence-corrected chi connectivity index (χ4v) is 3.36. The summed E-state index contributed by atoms with van der Waals surface area (Å²) in [5, 5.41) is 11.0. The van der Waals surface area contributed by atoms with Crippen molar-refractivity contribution in [1.82, 2.24) is 19.8 Å². The van der Waals surface area contributed by atoms with Crippen LogP contribution in [0.5, 0.6) is 0 Å². The third kappa shape index (κ3) is 3.66. The van der Waals surface area contributed by atoms with E-state index in [4.69, 9.17) is 0 Å². The molecule has 0 aliphatic carbocycles. The van der Waals surface area contributed by atoms with Gasteiger partial charge in [-0.3, -0.25) is 9.59 Å². The molecule has 2 aromatic rings. The maximum atomic E-state index is 12.9. The first kappa shape index (κ1) is 19.7. The lowest BCUT2D eigenvalue weighted by Crippen LogP contribution is -2.35. The minimum Gasteiger partial charge on any atom is -0.507 e. The normalized spacial score (nSPS) is 18.9. The molecule has 1 aliphatic rings. The predicted octanol–water partition coefficient (Wildman–Crippen LogP) is 2.08. The van der Waals surface area contributed by atoms with Crippen molar-refractivity contribution < 1.29 is 14.7 Å². The first-order valence-corrected chi connectivity index (χ1v) is 9.10. The van der Waals surface area contributed by atoms with E-state index in [0.717, 1.165) is 5.56 Å². The third-order valence-corrected chi connectivity index (χ3v) is 4.80. The van der Waals surface area contributed by atoms with Gasteiger partial charge in [0.2, 0.25) is 0 Å². The molecule has 7 nitrogen and oxygen atoms in total. The number of rotatable bonds is 5. The summed E-state index contributed by atoms with van der Waals surface area (Å²) in [6, 6.07) is 8.62. The smallest absolute Gasteiger partial charge is 0.295 e. The second-order valence-corrected chi connectivity index (χ2v) is 7.12. The fourth-order valence-electron chi connectivity index (χ4n) is 3.36. The van der Waals surface area contributed by atoms with Gasteiger partial charge < -0.3 is 14.9 Å². The molecule has 7 heteroatoms. The van der Waals surface area contributed by atoms with E-state index < -0.39 is 17.7 Å². The first-order chi connectivity index (χ1) is 13.3. The van der Waals surface area contributed by atoms with Crippen molar-refractivity contribution in [3.05, 3.63) is 64.7 Å². The summed E-state index contributed by atoms with van der Waals surface area (Å²) >= 11 is 0. The van der Waals surface area contributed by atoms with Crippen molar-refractivity contribution in [2.24, 2.45) is 0 Å². The third-order valence-electron chi connectivity index (χ3n) is 4.80. The number of Topliss-reactive ketones (excluding diaryl/α,β-unsaturated/α-hetero) is 1. The highest BCUT2D eigenvalue weighted by Gasteiger charge is 2.46. The quantitative estimate of drug-likeness (QED) is 0.486. The number of aliphatic hydroxyl groups is 1. The molecule has 1 saturated heterocycles. The molecule has 0 radical (unpaired) electrons. The minimum atomic E-state index is -0.690. The van der Waals surface area contributed by atoms with Gasteiger partial charge in [-0.25, -0.2) is 9.97 Å². The average Bonchev–Trinajstić information content (AvgIpc) is 2.91. The van der Waals surface area contributed by atoms with Crippen molar-refractivity contribution >= 4 is 17.4 Å². The van der Waals surface area contributed by atoms with Gasteiger partial charge in [0.1, 0.15) is 11.6 Å². The minimum absolute atomic E-state index is 0.0745. The number of aliphatic hydroxyl groups excluding tert-OH is 1. The van der Waals surface area contributed by atoms with E-state index in [0.29, 0.717) is 30.2 Å². The second kappa shape index (κ2) is 7.90. The number of likely N-dealkylation sites (tertiary alicyclic amines) is 1. The van der Waals surface area contributed by atoms with Gasteiger partial charge in [-0.05, 0) is 33.5 Å². The summed E-state index contributed by atoms with van der Waals surface area (Å²) in [5.74, 6) is -0.967. The molecule has 1 aromatic heterocycles. The number of hydrogen-bond acceptors (Lipinski definition) is 6. The molecule has 2 heterocycles. The van der Waals surface area contributed by atoms with Crippen molar-refractivity contribution in [1.29, 1.82) is 0 Å². The number of hydrogen-bond donors (Lipinski definition) is 1. The average molecular weight is 380 g/mol. The Morgan fingerprint density at radius 3 is 2.46 bits per heavy atom. The number of aromatic nitrogens is 2. The molecule has 146 valence electrons. The van der Waals surface area contributed by atoms with Crippen LogP contribution in [0.3, 0.4) is 0 Å². The van der Waals surface area contributed by atoms with Gasteiger partial charge in [0.15, 0.2) is 0 Å². The Bertz CT molecular complexity index is 938. The molecule has 0 saturated carbocycles. The van der Waals surface area contributed by atoms with Crippen LogP contribution in [0.2, 0.25) is 0 Å². The van der Waals surface area contributed by atoms with Crippen LogP contribution >= 0.6 is 0 Å². The van der Waals surface area contributed by atoms with Crippen molar-refractivity contribution in [3.63, 3.8) is 0 Å². The summed E-state index contributed by atoms with van der Waals surface area (Å²) in [6.45, 7) is 4.46. The van der Waals surface area contributed by atoms with E-state index in [2.05, 4.69) is 9.97 Å². The predicted molar refractivity (Wildman–Crippen MR) is 106 cm³/mol. The molecule has 1 amide bonds. The van der Waals surface area contributed by atoms with Crippen molar-refractivity contribution in [3.8, 4) is 0 Å². The Hall–Kier alpha value is -3.06. The molecule has 0 spiro atoms. The van der Waals surface area contributed by atoms with E-state index in [1.165, 1.54) is 11.1 Å². The molecule has 1 atom stereocenters. The highest BCUT2D eigenvalue weighted by atomic mass is 16.3. The van der Waals surface area contributed by atoms with Gasteiger partial charge in [0.05, 0.1) is 22.9 Å². The van der Waals surface area contributed by atoms with Gasteiger partial charge >= 0.3 is 0 Å². The van der Waals surface area contributed by atoms with Gasteiger partial charge in [-0.1, -0.05) is 30.3 Å². The number of carbonyl (C=O) groups excluding carboxylic acids is 2. The zero-order valence-electron chi connectivity index (χ0n) is 16.5. The number of carbonyl (C=O) groups is 2. The topological polar surface area (TPSA) is 86.6 Å². The van der Waals surface area contributed by atoms with Crippen molar-refractivity contribution in [2.45, 2.75) is 19.9 Å². The monoisotopic (exact) mass is 380 g/mol. The first-order valence-electron chi connectivity index (χ1n) is 9.10. The summed E-state index contributed by atoms with van der Waals surface area (Å²) in [4.78, 5) is 37.5. The van der Waals surface area contributed by atoms with Crippen LogP contribution < -0.4 is 0 Å². The molecule has 0 bridgehead atoms. The molecule has 28 heavy (non-hydrogen) atoms. The number of likely N-dealkylation sites (N-methyl/N-ethyl adjacent to an activating group) is 1. The zero-order valence-corrected chi connectivity index (χ0v) is 16.5. The van der Waals surface area contributed by atoms with E-state index in [1.54, 1.807) is 13.8 Å². The lowest BCUT2D eigenvalue weighted by atomic mass is 9.95. The van der Waals surface area contributed by atoms with Crippen LogP contribution in [-0.4, -0.2) is 63.7 Å². The number of ketones is 1. The summed E-state index contributed by atoms with van der Waals surface area (Å²) in [5.41, 5.74) is 1.76. The Balaban J connectivity index is 2.16. The van der Waals surface area contributed by atoms with Crippen molar-refractivity contribution in [2.75, 3.05) is 27.2 Å². The number of nitrogens with zero attached hydrogens (tertiary/aromatic N) is 4. The van der Waals surface area contributed by atoms with Crippen LogP contribution in [0.25, 0.3) is 5.76 Å². The Morgan fingerprint density at radius 1 is 1.18 bits per heavy atom. The molecule has 1 unspecified atom stereocenters. The fraction of sp³-hybridized carbons (Fsp3) is 0.333. The van der Waals surface area contributed by atoms with Gasteiger partial charge in [-0.2, -0.15) is 0 Å². The van der Waals surface area contributed by atoms with Gasteiger partial charge in [0.25, 0.3) is 11.7 Å². The second-order valence-electron chi connectivity index (χ2n) is 7.12. The number of aryl methyl sites for hydroxylation is 2. The van der Waals surface area contributed by atoms with Gasteiger partial charge in [-0.15, -0.1) is 0 Å². The molecule has 1 N–H and O–H groups in total. The molecule has 1 fully saturated rings. The van der Waals surface area contributed by atoms with Crippen LogP contribution in [0.15, 0.2) is 42.1 Å². The summed E-state index contributed by atoms with van der Waals surface area (Å²) < 4.78 is 0. The van der Waals surface area contributed by atoms with Crippen LogP contribution in [-0.2, 0) is 9.59 Å². The SMILES string of the molecule is Cc1ncc(/C(O)=C2\C(=O)C(=O)N(CCN(C)C)C2c2ccccc2)c(C)n1. The number of benzene rings is 1. The molecular formula is C21H24N4O3. The highest BCUT2D eigenvalue weighted by Crippen LogP contribution is 2.39. The van der Waals surface area contributed by atoms with Crippen LogP contribution in [0, 0.1) is 13.8 Å². The summed E-state index contributed by atoms with van der Waals surface area (Å²) in [6.07, 6.45) is 1.49. The lowest BCUT2D eigenvalue weighted by molar-refractivity contribution is -0.140. The summed E-state index contributed by atoms with van der Waals surface area (Å²) in [7, 11) is 3.81. The maximum absolute atomic E-state index is 12.9. The molecule has 1 aliphatic heterocycles. The van der Waals surface area contributed by atoms with E-state index >= 15 is 0 Å².